The SMILES string of the molecule is O=C(O)CSC[P+](c1ccccc1)(c1ccccc1)c1ccccc1. The van der Waals surface area contributed by atoms with Gasteiger partial charge < -0.3 is 5.11 Å². The van der Waals surface area contributed by atoms with Crippen molar-refractivity contribution in [3.05, 3.63) is 91.0 Å². The lowest BCUT2D eigenvalue weighted by molar-refractivity contribution is -0.133. The summed E-state index contributed by atoms with van der Waals surface area (Å²) < 4.78 is 0. The number of carboxylic acid groups (broad SMARTS) is 1. The van der Waals surface area contributed by atoms with E-state index in [2.05, 4.69) is 72.8 Å². The zero-order valence-corrected chi connectivity index (χ0v) is 15.5. The molecule has 2 nitrogen and oxygen atoms in total. The second-order valence-electron chi connectivity index (χ2n) is 5.69. The Morgan fingerprint density at radius 3 is 1.40 bits per heavy atom. The summed E-state index contributed by atoms with van der Waals surface area (Å²) in [5, 5.41) is 13.0. The fourth-order valence-corrected chi connectivity index (χ4v) is 9.35. The summed E-state index contributed by atoms with van der Waals surface area (Å²) in [4.78, 5) is 11.1. The van der Waals surface area contributed by atoms with E-state index in [9.17, 15) is 4.79 Å². The first-order chi connectivity index (χ1) is 12.2. The molecule has 0 fully saturated rings. The predicted molar refractivity (Wildman–Crippen MR) is 110 cm³/mol. The number of aliphatic carboxylic acids is 1. The zero-order chi connectivity index (χ0) is 17.5. The number of rotatable bonds is 7. The van der Waals surface area contributed by atoms with Crippen molar-refractivity contribution in [2.45, 2.75) is 0 Å². The highest BCUT2D eigenvalue weighted by Gasteiger charge is 2.45. The van der Waals surface area contributed by atoms with Gasteiger partial charge in [-0.05, 0) is 36.4 Å². The lowest BCUT2D eigenvalue weighted by atomic mass is 10.4. The van der Waals surface area contributed by atoms with Crippen molar-refractivity contribution in [2.24, 2.45) is 0 Å². The van der Waals surface area contributed by atoms with Gasteiger partial charge in [0.1, 0.15) is 28.7 Å². The molecule has 126 valence electrons. The van der Waals surface area contributed by atoms with Crippen LogP contribution in [0.5, 0.6) is 0 Å². The van der Waals surface area contributed by atoms with E-state index in [1.807, 2.05) is 18.2 Å². The topological polar surface area (TPSA) is 37.3 Å². The van der Waals surface area contributed by atoms with Crippen molar-refractivity contribution in [1.29, 1.82) is 0 Å². The Balaban J connectivity index is 2.18. The van der Waals surface area contributed by atoms with Crippen molar-refractivity contribution in [2.75, 3.05) is 11.2 Å². The third-order valence-electron chi connectivity index (χ3n) is 4.10. The van der Waals surface area contributed by atoms with Gasteiger partial charge in [-0.15, -0.1) is 11.8 Å². The molecule has 0 atom stereocenters. The molecule has 1 N–H and O–H groups in total. The maximum atomic E-state index is 11.1. The van der Waals surface area contributed by atoms with Crippen LogP contribution in [0.15, 0.2) is 91.0 Å². The van der Waals surface area contributed by atoms with Crippen LogP contribution < -0.4 is 15.9 Å². The summed E-state index contributed by atoms with van der Waals surface area (Å²) in [6.07, 6.45) is 0. The van der Waals surface area contributed by atoms with E-state index in [0.29, 0.717) is 0 Å². The number of benzene rings is 3. The lowest BCUT2D eigenvalue weighted by Crippen LogP contribution is -2.32. The molecule has 0 aliphatic rings. The number of thioether (sulfide) groups is 1. The fraction of sp³-hybridized carbons (Fsp3) is 0.0952. The van der Waals surface area contributed by atoms with Gasteiger partial charge in [0.25, 0.3) is 0 Å². The second kappa shape index (κ2) is 8.33. The summed E-state index contributed by atoms with van der Waals surface area (Å²) in [5.41, 5.74) is 0.775. The van der Waals surface area contributed by atoms with Gasteiger partial charge in [-0.25, -0.2) is 0 Å². The van der Waals surface area contributed by atoms with E-state index in [1.54, 1.807) is 0 Å². The van der Waals surface area contributed by atoms with E-state index in [1.165, 1.54) is 27.7 Å². The summed E-state index contributed by atoms with van der Waals surface area (Å²) >= 11 is 1.50. The van der Waals surface area contributed by atoms with Crippen LogP contribution in [0.25, 0.3) is 0 Å². The summed E-state index contributed by atoms with van der Waals surface area (Å²) in [6, 6.07) is 31.5. The van der Waals surface area contributed by atoms with Crippen molar-refractivity contribution in [3.63, 3.8) is 0 Å². The van der Waals surface area contributed by atoms with Crippen LogP contribution >= 0.6 is 19.0 Å². The predicted octanol–water partition coefficient (Wildman–Crippen LogP) is 3.76. The molecule has 0 radical (unpaired) electrons. The average molecular weight is 367 g/mol. The van der Waals surface area contributed by atoms with Gasteiger partial charge >= 0.3 is 5.97 Å². The normalized spacial score (nSPS) is 11.2. The second-order valence-corrected chi connectivity index (χ2v) is 10.6. The third kappa shape index (κ3) is 3.95. The third-order valence-corrected chi connectivity index (χ3v) is 10.4. The summed E-state index contributed by atoms with van der Waals surface area (Å²) in [5.74, 6) is -0.647. The number of hydrogen-bond donors (Lipinski definition) is 1. The fourth-order valence-electron chi connectivity index (χ4n) is 2.99. The van der Waals surface area contributed by atoms with Gasteiger partial charge in [-0.1, -0.05) is 54.6 Å². The van der Waals surface area contributed by atoms with Crippen LogP contribution in [0.3, 0.4) is 0 Å². The van der Waals surface area contributed by atoms with Gasteiger partial charge in [-0.2, -0.15) is 0 Å². The quantitative estimate of drug-likeness (QED) is 0.646. The maximum Gasteiger partial charge on any atom is 0.313 e. The van der Waals surface area contributed by atoms with Crippen LogP contribution in [0, 0.1) is 0 Å². The van der Waals surface area contributed by atoms with Crippen LogP contribution in [0.2, 0.25) is 0 Å². The minimum absolute atomic E-state index is 0.119. The molecule has 4 heteroatoms. The highest BCUT2D eigenvalue weighted by molar-refractivity contribution is 8.13. The highest BCUT2D eigenvalue weighted by atomic mass is 32.2. The molecule has 3 aromatic rings. The molecular formula is C21H20O2PS+. The van der Waals surface area contributed by atoms with Gasteiger partial charge in [0, 0.05) is 0 Å². The standard InChI is InChI=1S/C21H19O2PS/c22-21(23)16-25-17-24(18-10-4-1-5-11-18,19-12-6-2-7-13-19)20-14-8-3-9-15-20/h1-15H,16-17H2/p+1. The molecule has 0 saturated heterocycles. The van der Waals surface area contributed by atoms with Gasteiger partial charge in [0.05, 0.1) is 5.75 Å². The Kier molecular flexibility index (Phi) is 5.91. The molecule has 25 heavy (non-hydrogen) atoms. The molecule has 0 saturated carbocycles. The van der Waals surface area contributed by atoms with E-state index in [0.717, 1.165) is 5.49 Å². The Labute approximate surface area is 153 Å². The molecule has 0 heterocycles. The highest BCUT2D eigenvalue weighted by Crippen LogP contribution is 2.57. The Morgan fingerprint density at radius 2 is 1.08 bits per heavy atom. The van der Waals surface area contributed by atoms with E-state index in [-0.39, 0.29) is 5.75 Å². The Morgan fingerprint density at radius 1 is 0.720 bits per heavy atom. The Hall–Kier alpha value is -2.09. The molecule has 3 rings (SSSR count). The minimum atomic E-state index is -1.91. The first kappa shape index (κ1) is 17.7. The zero-order valence-electron chi connectivity index (χ0n) is 13.8. The van der Waals surface area contributed by atoms with Crippen LogP contribution in [-0.4, -0.2) is 22.3 Å². The van der Waals surface area contributed by atoms with Crippen molar-refractivity contribution in [3.8, 4) is 0 Å². The average Bonchev–Trinajstić information content (AvgIpc) is 2.67. The molecule has 3 aromatic carbocycles. The molecule has 0 amide bonds. The summed E-state index contributed by atoms with van der Waals surface area (Å²) in [6.45, 7) is 0. The molecule has 0 unspecified atom stereocenters. The molecule has 0 bridgehead atoms. The van der Waals surface area contributed by atoms with Crippen molar-refractivity contribution < 1.29 is 9.90 Å². The molecule has 0 aromatic heterocycles. The van der Waals surface area contributed by atoms with Crippen LogP contribution in [-0.2, 0) is 4.79 Å². The minimum Gasteiger partial charge on any atom is -0.481 e. The monoisotopic (exact) mass is 367 g/mol. The van der Waals surface area contributed by atoms with Gasteiger partial charge in [0.2, 0.25) is 0 Å². The maximum absolute atomic E-state index is 11.1. The molecular weight excluding hydrogens is 347 g/mol. The number of carbonyl (C=O) groups is 1. The number of hydrogen-bond acceptors (Lipinski definition) is 2. The van der Waals surface area contributed by atoms with Gasteiger partial charge in [0.15, 0.2) is 0 Å². The first-order valence-electron chi connectivity index (χ1n) is 8.08. The van der Waals surface area contributed by atoms with Crippen LogP contribution in [0.1, 0.15) is 0 Å². The molecule has 0 spiro atoms. The van der Waals surface area contributed by atoms with Gasteiger partial charge in [-0.3, -0.25) is 4.79 Å². The Bertz CT molecular complexity index is 710. The molecule has 0 aliphatic carbocycles. The first-order valence-corrected chi connectivity index (χ1v) is 11.2. The van der Waals surface area contributed by atoms with Crippen molar-refractivity contribution in [1.82, 2.24) is 0 Å². The summed E-state index contributed by atoms with van der Waals surface area (Å²) in [7, 11) is -1.91. The smallest absolute Gasteiger partial charge is 0.313 e. The van der Waals surface area contributed by atoms with E-state index < -0.39 is 13.2 Å². The number of carboxylic acids is 1. The largest absolute Gasteiger partial charge is 0.481 e. The van der Waals surface area contributed by atoms with Crippen LogP contribution in [0.4, 0.5) is 0 Å². The van der Waals surface area contributed by atoms with E-state index >= 15 is 0 Å². The lowest BCUT2D eigenvalue weighted by Gasteiger charge is -2.27. The van der Waals surface area contributed by atoms with Crippen molar-refractivity contribution >= 4 is 40.9 Å². The van der Waals surface area contributed by atoms with E-state index in [4.69, 9.17) is 5.11 Å². The molecule has 0 aliphatic heterocycles.